The Morgan fingerprint density at radius 3 is 2.64 bits per heavy atom. The molecule has 5 nitrogen and oxygen atoms in total. The van der Waals surface area contributed by atoms with Crippen LogP contribution in [0, 0.1) is 5.82 Å². The van der Waals surface area contributed by atoms with Gasteiger partial charge in [-0.1, -0.05) is 12.1 Å². The van der Waals surface area contributed by atoms with Gasteiger partial charge in [-0.05, 0) is 44.1 Å². The molecule has 0 unspecified atom stereocenters. The maximum atomic E-state index is 13.7. The molecule has 1 aromatic heterocycles. The van der Waals surface area contributed by atoms with Crippen LogP contribution in [0.25, 0.3) is 0 Å². The first-order valence-corrected chi connectivity index (χ1v) is 6.99. The van der Waals surface area contributed by atoms with Crippen LogP contribution in [0.5, 0.6) is 0 Å². The average molecular weight is 325 g/mol. The van der Waals surface area contributed by atoms with Gasteiger partial charge in [0.2, 0.25) is 0 Å². The molecule has 0 atom stereocenters. The Morgan fingerprint density at radius 1 is 1.27 bits per heavy atom. The number of rotatable bonds is 3. The van der Waals surface area contributed by atoms with Crippen molar-refractivity contribution in [2.45, 2.75) is 18.4 Å². The lowest BCUT2D eigenvalue weighted by Crippen LogP contribution is -2.52. The van der Waals surface area contributed by atoms with E-state index >= 15 is 0 Å². The normalized spacial score (nSPS) is 16.6. The number of nitrogens with zero attached hydrogens (tertiary/aromatic N) is 2. The van der Waals surface area contributed by atoms with Gasteiger partial charge in [-0.3, -0.25) is 9.48 Å². The number of anilines is 1. The van der Waals surface area contributed by atoms with Gasteiger partial charge in [0.15, 0.2) is 0 Å². The van der Waals surface area contributed by atoms with Crippen molar-refractivity contribution >= 4 is 24.0 Å². The number of para-hydroxylation sites is 1. The van der Waals surface area contributed by atoms with Gasteiger partial charge < -0.3 is 10.6 Å². The minimum atomic E-state index is -0.767. The number of piperidine rings is 1. The van der Waals surface area contributed by atoms with Crippen molar-refractivity contribution in [3.05, 3.63) is 48.5 Å². The molecule has 1 fully saturated rings. The van der Waals surface area contributed by atoms with E-state index in [1.807, 2.05) is 0 Å². The van der Waals surface area contributed by atoms with Crippen LogP contribution in [0.15, 0.2) is 42.7 Å². The molecule has 1 aromatic carbocycles. The van der Waals surface area contributed by atoms with E-state index in [-0.39, 0.29) is 24.0 Å². The molecule has 1 saturated heterocycles. The van der Waals surface area contributed by atoms with Crippen LogP contribution < -0.4 is 10.6 Å². The quantitative estimate of drug-likeness (QED) is 0.909. The number of carbonyl (C=O) groups excluding carboxylic acids is 1. The summed E-state index contributed by atoms with van der Waals surface area (Å²) in [6, 6.07) is 7.98. The van der Waals surface area contributed by atoms with Crippen LogP contribution in [0.2, 0.25) is 0 Å². The fraction of sp³-hybridized carbons (Fsp3) is 0.333. The van der Waals surface area contributed by atoms with E-state index < -0.39 is 11.4 Å². The van der Waals surface area contributed by atoms with Crippen LogP contribution in [-0.2, 0) is 10.3 Å². The number of nitrogens with one attached hydrogen (secondary N) is 2. The number of halogens is 2. The fourth-order valence-corrected chi connectivity index (χ4v) is 2.72. The molecule has 0 saturated carbocycles. The van der Waals surface area contributed by atoms with Crippen molar-refractivity contribution in [3.63, 3.8) is 0 Å². The molecule has 7 heteroatoms. The minimum absolute atomic E-state index is 0. The third-order valence-electron chi connectivity index (χ3n) is 3.92. The van der Waals surface area contributed by atoms with Crippen molar-refractivity contribution in [3.8, 4) is 0 Å². The summed E-state index contributed by atoms with van der Waals surface area (Å²) in [5.74, 6) is -0.659. The van der Waals surface area contributed by atoms with Crippen LogP contribution >= 0.6 is 12.4 Å². The number of amides is 1. The van der Waals surface area contributed by atoms with E-state index in [9.17, 15) is 9.18 Å². The Labute approximate surface area is 134 Å². The summed E-state index contributed by atoms with van der Waals surface area (Å²) in [5.41, 5.74) is -0.565. The zero-order chi connectivity index (χ0) is 14.7. The maximum Gasteiger partial charge on any atom is 0.252 e. The van der Waals surface area contributed by atoms with Crippen molar-refractivity contribution in [2.24, 2.45) is 0 Å². The Morgan fingerprint density at radius 2 is 2.00 bits per heavy atom. The Bertz CT molecular complexity index is 626. The van der Waals surface area contributed by atoms with Gasteiger partial charge in [0, 0.05) is 12.4 Å². The largest absolute Gasteiger partial charge is 0.321 e. The lowest BCUT2D eigenvalue weighted by molar-refractivity contribution is -0.126. The highest BCUT2D eigenvalue weighted by molar-refractivity contribution is 5.96. The Kier molecular flexibility index (Phi) is 5.15. The standard InChI is InChI=1S/C15H17FN4O.ClH/c16-12-4-1-2-5-13(12)19-14(21)15(6-9-17-10-7-15)20-11-3-8-18-20;/h1-5,8,11,17H,6-7,9-10H2,(H,19,21);1H. The predicted octanol–water partition coefficient (Wildman–Crippen LogP) is 2.16. The van der Waals surface area contributed by atoms with E-state index in [0.29, 0.717) is 12.8 Å². The van der Waals surface area contributed by atoms with E-state index in [4.69, 9.17) is 0 Å². The summed E-state index contributed by atoms with van der Waals surface area (Å²) in [6.07, 6.45) is 4.68. The second-order valence-corrected chi connectivity index (χ2v) is 5.17. The number of benzene rings is 1. The van der Waals surface area contributed by atoms with Gasteiger partial charge in [0.05, 0.1) is 5.69 Å². The molecule has 0 aliphatic carbocycles. The van der Waals surface area contributed by atoms with E-state index in [2.05, 4.69) is 15.7 Å². The highest BCUT2D eigenvalue weighted by Crippen LogP contribution is 2.29. The van der Waals surface area contributed by atoms with Crippen LogP contribution in [0.1, 0.15) is 12.8 Å². The van der Waals surface area contributed by atoms with Crippen LogP contribution in [0.3, 0.4) is 0 Å². The first-order chi connectivity index (χ1) is 10.2. The molecule has 22 heavy (non-hydrogen) atoms. The van der Waals surface area contributed by atoms with Crippen molar-refractivity contribution < 1.29 is 9.18 Å². The van der Waals surface area contributed by atoms with E-state index in [1.54, 1.807) is 41.3 Å². The summed E-state index contributed by atoms with van der Waals surface area (Å²) in [6.45, 7) is 1.45. The SMILES string of the molecule is Cl.O=C(Nc1ccccc1F)C1(n2cccn2)CCNCC1. The lowest BCUT2D eigenvalue weighted by atomic mass is 9.87. The fourth-order valence-electron chi connectivity index (χ4n) is 2.72. The summed E-state index contributed by atoms with van der Waals surface area (Å²) in [5, 5.41) is 10.2. The molecule has 2 heterocycles. The molecule has 1 aliphatic heterocycles. The number of hydrogen-bond acceptors (Lipinski definition) is 3. The molecule has 2 aromatic rings. The van der Waals surface area contributed by atoms with Crippen molar-refractivity contribution in [2.75, 3.05) is 18.4 Å². The summed E-state index contributed by atoms with van der Waals surface area (Å²) in [7, 11) is 0. The molecular weight excluding hydrogens is 307 g/mol. The van der Waals surface area contributed by atoms with Gasteiger partial charge in [-0.2, -0.15) is 5.10 Å². The molecule has 0 radical (unpaired) electrons. The average Bonchev–Trinajstić information content (AvgIpc) is 3.05. The summed E-state index contributed by atoms with van der Waals surface area (Å²) < 4.78 is 15.4. The number of aromatic nitrogens is 2. The lowest BCUT2D eigenvalue weighted by Gasteiger charge is -2.36. The van der Waals surface area contributed by atoms with Gasteiger partial charge in [0.1, 0.15) is 11.4 Å². The van der Waals surface area contributed by atoms with Crippen LogP contribution in [-0.4, -0.2) is 28.8 Å². The minimum Gasteiger partial charge on any atom is -0.321 e. The monoisotopic (exact) mass is 324 g/mol. The predicted molar refractivity (Wildman–Crippen MR) is 84.6 cm³/mol. The third kappa shape index (κ3) is 2.98. The van der Waals surface area contributed by atoms with Gasteiger partial charge in [-0.15, -0.1) is 12.4 Å². The maximum absolute atomic E-state index is 13.7. The molecular formula is C15H18ClFN4O. The molecule has 2 N–H and O–H groups in total. The topological polar surface area (TPSA) is 59.0 Å². The summed E-state index contributed by atoms with van der Waals surface area (Å²) in [4.78, 5) is 12.8. The van der Waals surface area contributed by atoms with Crippen molar-refractivity contribution in [1.29, 1.82) is 0 Å². The van der Waals surface area contributed by atoms with E-state index in [0.717, 1.165) is 13.1 Å². The second kappa shape index (κ2) is 6.89. The van der Waals surface area contributed by atoms with Gasteiger partial charge >= 0.3 is 0 Å². The first kappa shape index (κ1) is 16.5. The number of hydrogen-bond donors (Lipinski definition) is 2. The molecule has 0 bridgehead atoms. The molecule has 3 rings (SSSR count). The second-order valence-electron chi connectivity index (χ2n) is 5.17. The third-order valence-corrected chi connectivity index (χ3v) is 3.92. The molecule has 1 amide bonds. The highest BCUT2D eigenvalue weighted by atomic mass is 35.5. The smallest absolute Gasteiger partial charge is 0.252 e. The van der Waals surface area contributed by atoms with Gasteiger partial charge in [-0.25, -0.2) is 4.39 Å². The first-order valence-electron chi connectivity index (χ1n) is 6.99. The Hall–Kier alpha value is -1.92. The number of carbonyl (C=O) groups is 1. The zero-order valence-corrected chi connectivity index (χ0v) is 12.8. The molecule has 118 valence electrons. The zero-order valence-electron chi connectivity index (χ0n) is 12.0. The van der Waals surface area contributed by atoms with Crippen LogP contribution in [0.4, 0.5) is 10.1 Å². The molecule has 0 spiro atoms. The highest BCUT2D eigenvalue weighted by Gasteiger charge is 2.42. The molecule has 1 aliphatic rings. The Balaban J connectivity index is 0.00000176. The summed E-state index contributed by atoms with van der Waals surface area (Å²) >= 11 is 0. The van der Waals surface area contributed by atoms with Crippen molar-refractivity contribution in [1.82, 2.24) is 15.1 Å². The van der Waals surface area contributed by atoms with Gasteiger partial charge in [0.25, 0.3) is 5.91 Å². The van der Waals surface area contributed by atoms with E-state index in [1.165, 1.54) is 6.07 Å².